The molecule has 0 aliphatic heterocycles. The fourth-order valence-electron chi connectivity index (χ4n) is 1.32. The van der Waals surface area contributed by atoms with Gasteiger partial charge in [-0.05, 0) is 31.2 Å². The zero-order valence-corrected chi connectivity index (χ0v) is 9.18. The van der Waals surface area contributed by atoms with Gasteiger partial charge in [0.25, 0.3) is 0 Å². The fourth-order valence-corrected chi connectivity index (χ4v) is 1.32. The Morgan fingerprint density at radius 3 is 2.50 bits per heavy atom. The molecule has 1 heterocycles. The number of nitrogens with zero attached hydrogens (tertiary/aromatic N) is 2. The Hall–Kier alpha value is -2.10. The van der Waals surface area contributed by atoms with Crippen LogP contribution >= 0.6 is 0 Å². The summed E-state index contributed by atoms with van der Waals surface area (Å²) >= 11 is 0. The van der Waals surface area contributed by atoms with Gasteiger partial charge in [0.1, 0.15) is 12.0 Å². The summed E-state index contributed by atoms with van der Waals surface area (Å²) in [5.41, 5.74) is 1.59. The first-order chi connectivity index (χ1) is 7.70. The number of rotatable bonds is 3. The quantitative estimate of drug-likeness (QED) is 0.739. The van der Waals surface area contributed by atoms with E-state index in [9.17, 15) is 4.79 Å². The maximum atomic E-state index is 10.5. The third-order valence-electron chi connectivity index (χ3n) is 2.43. The van der Waals surface area contributed by atoms with E-state index in [0.29, 0.717) is 11.3 Å². The van der Waals surface area contributed by atoms with Crippen molar-refractivity contribution in [1.29, 1.82) is 0 Å². The van der Waals surface area contributed by atoms with E-state index in [2.05, 4.69) is 5.10 Å². The van der Waals surface area contributed by atoms with Gasteiger partial charge >= 0.3 is 0 Å². The highest BCUT2D eigenvalue weighted by Gasteiger charge is 2.05. The van der Waals surface area contributed by atoms with Crippen molar-refractivity contribution in [3.8, 4) is 11.5 Å². The zero-order chi connectivity index (χ0) is 11.5. The monoisotopic (exact) mass is 216 g/mol. The van der Waals surface area contributed by atoms with Crippen LogP contribution in [0.4, 0.5) is 0 Å². The number of aryl methyl sites for hydroxylation is 1. The van der Waals surface area contributed by atoms with Gasteiger partial charge in [-0.15, -0.1) is 0 Å². The van der Waals surface area contributed by atoms with E-state index in [1.54, 1.807) is 35.1 Å². The van der Waals surface area contributed by atoms with E-state index in [1.165, 1.54) is 0 Å². The lowest BCUT2D eigenvalue weighted by molar-refractivity contribution is 0.112. The third kappa shape index (κ3) is 1.95. The molecule has 0 saturated carbocycles. The van der Waals surface area contributed by atoms with Crippen LogP contribution in [0.1, 0.15) is 16.1 Å². The molecule has 1 aromatic heterocycles. The molecular formula is C12H12N2O2. The van der Waals surface area contributed by atoms with Crippen molar-refractivity contribution in [3.63, 3.8) is 0 Å². The summed E-state index contributed by atoms with van der Waals surface area (Å²) in [6, 6.07) is 6.95. The molecule has 2 rings (SSSR count). The van der Waals surface area contributed by atoms with Crippen molar-refractivity contribution < 1.29 is 9.53 Å². The molecular weight excluding hydrogens is 204 g/mol. The van der Waals surface area contributed by atoms with E-state index in [4.69, 9.17) is 4.74 Å². The summed E-state index contributed by atoms with van der Waals surface area (Å²) in [4.78, 5) is 10.5. The van der Waals surface area contributed by atoms with Crippen LogP contribution in [-0.2, 0) is 7.05 Å². The lowest BCUT2D eigenvalue weighted by Gasteiger charge is -2.04. The topological polar surface area (TPSA) is 44.1 Å². The van der Waals surface area contributed by atoms with Gasteiger partial charge in [0.05, 0.1) is 11.9 Å². The van der Waals surface area contributed by atoms with E-state index < -0.39 is 0 Å². The van der Waals surface area contributed by atoms with Crippen molar-refractivity contribution in [2.75, 3.05) is 0 Å². The average molecular weight is 216 g/mol. The average Bonchev–Trinajstić information content (AvgIpc) is 2.62. The predicted molar refractivity (Wildman–Crippen MR) is 59.8 cm³/mol. The number of ether oxygens (including phenoxy) is 1. The molecule has 1 aromatic carbocycles. The standard InChI is InChI=1S/C12H12N2O2/c1-9-12(7-13-14(9)2)16-11-5-3-10(8-15)4-6-11/h3-8H,1-2H3. The van der Waals surface area contributed by atoms with Gasteiger partial charge in [0.2, 0.25) is 0 Å². The second kappa shape index (κ2) is 4.18. The summed E-state index contributed by atoms with van der Waals surface area (Å²) in [6.45, 7) is 1.93. The Balaban J connectivity index is 2.20. The summed E-state index contributed by atoms with van der Waals surface area (Å²) in [7, 11) is 1.86. The number of aromatic nitrogens is 2. The lowest BCUT2D eigenvalue weighted by atomic mass is 10.2. The first kappa shape index (κ1) is 10.4. The van der Waals surface area contributed by atoms with Gasteiger partial charge < -0.3 is 4.74 Å². The van der Waals surface area contributed by atoms with Crippen molar-refractivity contribution in [2.45, 2.75) is 6.92 Å². The molecule has 0 saturated heterocycles. The zero-order valence-electron chi connectivity index (χ0n) is 9.18. The Kier molecular flexibility index (Phi) is 2.72. The minimum Gasteiger partial charge on any atom is -0.454 e. The van der Waals surface area contributed by atoms with Gasteiger partial charge in [0, 0.05) is 12.6 Å². The molecule has 0 aliphatic rings. The molecule has 0 amide bonds. The summed E-state index contributed by atoms with van der Waals surface area (Å²) in [6.07, 6.45) is 2.47. The van der Waals surface area contributed by atoms with Crippen LogP contribution in [0.2, 0.25) is 0 Å². The van der Waals surface area contributed by atoms with Crippen LogP contribution < -0.4 is 4.74 Å². The van der Waals surface area contributed by atoms with Crippen LogP contribution in [0, 0.1) is 6.92 Å². The van der Waals surface area contributed by atoms with Gasteiger partial charge in [-0.2, -0.15) is 5.10 Å². The Labute approximate surface area is 93.5 Å². The van der Waals surface area contributed by atoms with Gasteiger partial charge in [0.15, 0.2) is 5.75 Å². The molecule has 2 aromatic rings. The molecule has 0 atom stereocenters. The predicted octanol–water partition coefficient (Wildman–Crippen LogP) is 2.33. The van der Waals surface area contributed by atoms with Crippen molar-refractivity contribution in [3.05, 3.63) is 41.7 Å². The van der Waals surface area contributed by atoms with E-state index >= 15 is 0 Å². The number of carbonyl (C=O) groups excluding carboxylic acids is 1. The molecule has 0 N–H and O–H groups in total. The molecule has 0 radical (unpaired) electrons. The highest BCUT2D eigenvalue weighted by atomic mass is 16.5. The summed E-state index contributed by atoms with van der Waals surface area (Å²) < 4.78 is 7.38. The molecule has 0 aliphatic carbocycles. The fraction of sp³-hybridized carbons (Fsp3) is 0.167. The molecule has 0 fully saturated rings. The van der Waals surface area contributed by atoms with Crippen LogP contribution in [0.25, 0.3) is 0 Å². The van der Waals surface area contributed by atoms with Gasteiger partial charge in [-0.3, -0.25) is 9.48 Å². The second-order valence-corrected chi connectivity index (χ2v) is 3.51. The number of aldehydes is 1. The first-order valence-corrected chi connectivity index (χ1v) is 4.92. The number of hydrogen-bond donors (Lipinski definition) is 0. The lowest BCUT2D eigenvalue weighted by Crippen LogP contribution is -1.93. The summed E-state index contributed by atoms with van der Waals surface area (Å²) in [5.74, 6) is 1.42. The highest BCUT2D eigenvalue weighted by Crippen LogP contribution is 2.23. The van der Waals surface area contributed by atoms with E-state index in [1.807, 2.05) is 14.0 Å². The highest BCUT2D eigenvalue weighted by molar-refractivity contribution is 5.74. The Morgan fingerprint density at radius 1 is 1.31 bits per heavy atom. The molecule has 0 unspecified atom stereocenters. The molecule has 0 spiro atoms. The second-order valence-electron chi connectivity index (χ2n) is 3.51. The molecule has 4 nitrogen and oxygen atoms in total. The van der Waals surface area contributed by atoms with E-state index in [-0.39, 0.29) is 0 Å². The minimum absolute atomic E-state index is 0.634. The number of carbonyl (C=O) groups is 1. The largest absolute Gasteiger partial charge is 0.454 e. The van der Waals surface area contributed by atoms with Crippen LogP contribution in [0.15, 0.2) is 30.5 Å². The van der Waals surface area contributed by atoms with E-state index in [0.717, 1.165) is 17.7 Å². The summed E-state index contributed by atoms with van der Waals surface area (Å²) in [5, 5.41) is 4.08. The van der Waals surface area contributed by atoms with Crippen molar-refractivity contribution in [1.82, 2.24) is 9.78 Å². The maximum absolute atomic E-state index is 10.5. The van der Waals surface area contributed by atoms with Crippen LogP contribution in [-0.4, -0.2) is 16.1 Å². The minimum atomic E-state index is 0.634. The smallest absolute Gasteiger partial charge is 0.168 e. The first-order valence-electron chi connectivity index (χ1n) is 4.92. The normalized spacial score (nSPS) is 10.1. The molecule has 0 bridgehead atoms. The Bertz CT molecular complexity index is 500. The number of benzene rings is 1. The van der Waals surface area contributed by atoms with Crippen LogP contribution in [0.3, 0.4) is 0 Å². The van der Waals surface area contributed by atoms with Gasteiger partial charge in [-0.1, -0.05) is 0 Å². The van der Waals surface area contributed by atoms with Crippen molar-refractivity contribution >= 4 is 6.29 Å². The third-order valence-corrected chi connectivity index (χ3v) is 2.43. The maximum Gasteiger partial charge on any atom is 0.168 e. The SMILES string of the molecule is Cc1c(Oc2ccc(C=O)cc2)cnn1C. The molecule has 4 heteroatoms. The van der Waals surface area contributed by atoms with Gasteiger partial charge in [-0.25, -0.2) is 0 Å². The molecule has 82 valence electrons. The number of hydrogen-bond acceptors (Lipinski definition) is 3. The molecule has 16 heavy (non-hydrogen) atoms. The Morgan fingerprint density at radius 2 is 2.00 bits per heavy atom. The van der Waals surface area contributed by atoms with Crippen molar-refractivity contribution in [2.24, 2.45) is 7.05 Å². The van der Waals surface area contributed by atoms with Crippen LogP contribution in [0.5, 0.6) is 11.5 Å².